The van der Waals surface area contributed by atoms with E-state index in [1.165, 1.54) is 29.7 Å². The zero-order valence-corrected chi connectivity index (χ0v) is 17.1. The van der Waals surface area contributed by atoms with Crippen molar-refractivity contribution in [1.29, 1.82) is 0 Å². The van der Waals surface area contributed by atoms with E-state index in [4.69, 9.17) is 4.74 Å². The van der Waals surface area contributed by atoms with Crippen molar-refractivity contribution < 1.29 is 9.53 Å². The molecular formula is C23H29NO2S. The second-order valence-corrected chi connectivity index (χ2v) is 8.21. The molecule has 2 aromatic carbocycles. The highest BCUT2D eigenvalue weighted by Gasteiger charge is 2.17. The monoisotopic (exact) mass is 383 g/mol. The van der Waals surface area contributed by atoms with Gasteiger partial charge in [0.25, 0.3) is 5.91 Å². The summed E-state index contributed by atoms with van der Waals surface area (Å²) >= 11 is 1.77. The topological polar surface area (TPSA) is 38.3 Å². The van der Waals surface area contributed by atoms with Crippen LogP contribution in [0.5, 0.6) is 5.75 Å². The fraction of sp³-hybridized carbons (Fsp3) is 0.435. The average Bonchev–Trinajstić information content (AvgIpc) is 2.69. The van der Waals surface area contributed by atoms with Crippen LogP contribution in [0.1, 0.15) is 60.5 Å². The molecule has 0 spiro atoms. The van der Waals surface area contributed by atoms with E-state index in [1.807, 2.05) is 25.1 Å². The van der Waals surface area contributed by atoms with Gasteiger partial charge < -0.3 is 10.1 Å². The summed E-state index contributed by atoms with van der Waals surface area (Å²) in [6, 6.07) is 14.7. The molecule has 0 radical (unpaired) electrons. The maximum atomic E-state index is 12.7. The summed E-state index contributed by atoms with van der Waals surface area (Å²) in [5, 5.41) is 3.21. The first-order valence-electron chi connectivity index (χ1n) is 9.91. The molecule has 3 nitrogen and oxygen atoms in total. The SMILES string of the molecule is CCOc1ccc(C(=O)NC2CCCCC2)cc1CSc1ccc(C)cc1. The molecule has 1 saturated carbocycles. The molecule has 0 unspecified atom stereocenters. The lowest BCUT2D eigenvalue weighted by Crippen LogP contribution is -2.36. The molecule has 1 aliphatic rings. The van der Waals surface area contributed by atoms with Crippen LogP contribution < -0.4 is 10.1 Å². The largest absolute Gasteiger partial charge is 0.494 e. The lowest BCUT2D eigenvalue weighted by molar-refractivity contribution is 0.0927. The number of benzene rings is 2. The van der Waals surface area contributed by atoms with Gasteiger partial charge in [0.15, 0.2) is 0 Å². The highest BCUT2D eigenvalue weighted by atomic mass is 32.2. The Morgan fingerprint density at radius 1 is 1.11 bits per heavy atom. The maximum Gasteiger partial charge on any atom is 0.251 e. The number of carbonyl (C=O) groups is 1. The number of thioether (sulfide) groups is 1. The van der Waals surface area contributed by atoms with Gasteiger partial charge in [-0.05, 0) is 57.0 Å². The molecule has 0 atom stereocenters. The van der Waals surface area contributed by atoms with E-state index in [9.17, 15) is 4.79 Å². The fourth-order valence-corrected chi connectivity index (χ4v) is 4.32. The predicted molar refractivity (Wildman–Crippen MR) is 113 cm³/mol. The molecule has 4 heteroatoms. The van der Waals surface area contributed by atoms with E-state index < -0.39 is 0 Å². The summed E-state index contributed by atoms with van der Waals surface area (Å²) in [4.78, 5) is 13.9. The Kier molecular flexibility index (Phi) is 7.22. The molecule has 144 valence electrons. The Balaban J connectivity index is 1.71. The summed E-state index contributed by atoms with van der Waals surface area (Å²) in [6.45, 7) is 4.70. The fourth-order valence-electron chi connectivity index (χ4n) is 3.44. The van der Waals surface area contributed by atoms with Gasteiger partial charge in [-0.3, -0.25) is 4.79 Å². The molecule has 1 N–H and O–H groups in total. The van der Waals surface area contributed by atoms with Gasteiger partial charge >= 0.3 is 0 Å². The van der Waals surface area contributed by atoms with Crippen LogP contribution in [0, 0.1) is 6.92 Å². The predicted octanol–water partition coefficient (Wildman–Crippen LogP) is 5.75. The minimum absolute atomic E-state index is 0.0338. The van der Waals surface area contributed by atoms with E-state index >= 15 is 0 Å². The van der Waals surface area contributed by atoms with Crippen LogP contribution in [0.2, 0.25) is 0 Å². The van der Waals surface area contributed by atoms with Crippen molar-refractivity contribution in [3.05, 3.63) is 59.2 Å². The van der Waals surface area contributed by atoms with Gasteiger partial charge in [0, 0.05) is 27.8 Å². The third kappa shape index (κ3) is 5.77. The Labute approximate surface area is 166 Å². The van der Waals surface area contributed by atoms with Crippen molar-refractivity contribution >= 4 is 17.7 Å². The lowest BCUT2D eigenvalue weighted by Gasteiger charge is -2.23. The number of aryl methyl sites for hydroxylation is 1. The van der Waals surface area contributed by atoms with Crippen molar-refractivity contribution in [3.8, 4) is 5.75 Å². The van der Waals surface area contributed by atoms with E-state index in [2.05, 4.69) is 36.5 Å². The smallest absolute Gasteiger partial charge is 0.251 e. The maximum absolute atomic E-state index is 12.7. The quantitative estimate of drug-likeness (QED) is 0.619. The van der Waals surface area contributed by atoms with Gasteiger partial charge in [-0.2, -0.15) is 0 Å². The van der Waals surface area contributed by atoms with Crippen LogP contribution in [-0.4, -0.2) is 18.6 Å². The van der Waals surface area contributed by atoms with E-state index in [-0.39, 0.29) is 5.91 Å². The van der Waals surface area contributed by atoms with Crippen molar-refractivity contribution in [2.75, 3.05) is 6.61 Å². The molecular weight excluding hydrogens is 354 g/mol. The number of hydrogen-bond donors (Lipinski definition) is 1. The van der Waals surface area contributed by atoms with Crippen LogP contribution in [0.3, 0.4) is 0 Å². The van der Waals surface area contributed by atoms with Crippen molar-refractivity contribution in [1.82, 2.24) is 5.32 Å². The Hall–Kier alpha value is -1.94. The second kappa shape index (κ2) is 9.84. The first kappa shape index (κ1) is 19.8. The first-order chi connectivity index (χ1) is 13.2. The Morgan fingerprint density at radius 3 is 2.56 bits per heavy atom. The molecule has 27 heavy (non-hydrogen) atoms. The molecule has 0 heterocycles. The van der Waals surface area contributed by atoms with Crippen LogP contribution in [0.25, 0.3) is 0 Å². The second-order valence-electron chi connectivity index (χ2n) is 7.17. The summed E-state index contributed by atoms with van der Waals surface area (Å²) < 4.78 is 5.78. The molecule has 0 aliphatic heterocycles. The third-order valence-electron chi connectivity index (χ3n) is 4.98. The Morgan fingerprint density at radius 2 is 1.85 bits per heavy atom. The number of rotatable bonds is 7. The minimum atomic E-state index is 0.0338. The first-order valence-corrected chi connectivity index (χ1v) is 10.9. The standard InChI is InChI=1S/C23H29NO2S/c1-3-26-22-14-11-18(23(25)24-20-7-5-4-6-8-20)15-19(22)16-27-21-12-9-17(2)10-13-21/h9-15,20H,3-8,16H2,1-2H3,(H,24,25). The number of hydrogen-bond acceptors (Lipinski definition) is 3. The average molecular weight is 384 g/mol. The molecule has 2 aromatic rings. The van der Waals surface area contributed by atoms with Gasteiger partial charge in [0.1, 0.15) is 5.75 Å². The normalized spacial score (nSPS) is 14.7. The van der Waals surface area contributed by atoms with E-state index in [0.29, 0.717) is 12.6 Å². The number of carbonyl (C=O) groups excluding carboxylic acids is 1. The van der Waals surface area contributed by atoms with Crippen LogP contribution in [-0.2, 0) is 5.75 Å². The molecule has 1 amide bonds. The van der Waals surface area contributed by atoms with Crippen LogP contribution in [0.15, 0.2) is 47.4 Å². The van der Waals surface area contributed by atoms with Gasteiger partial charge in [0.05, 0.1) is 6.61 Å². The zero-order valence-electron chi connectivity index (χ0n) is 16.3. The van der Waals surface area contributed by atoms with E-state index in [1.54, 1.807) is 11.8 Å². The Bertz CT molecular complexity index is 751. The molecule has 0 aromatic heterocycles. The number of nitrogens with one attached hydrogen (secondary N) is 1. The third-order valence-corrected chi connectivity index (χ3v) is 6.04. The van der Waals surface area contributed by atoms with Crippen LogP contribution >= 0.6 is 11.8 Å². The summed E-state index contributed by atoms with van der Waals surface area (Å²) in [5.74, 6) is 1.68. The lowest BCUT2D eigenvalue weighted by atomic mass is 9.95. The summed E-state index contributed by atoms with van der Waals surface area (Å²) in [7, 11) is 0. The minimum Gasteiger partial charge on any atom is -0.494 e. The molecule has 1 aliphatic carbocycles. The van der Waals surface area contributed by atoms with Crippen molar-refractivity contribution in [2.45, 2.75) is 62.6 Å². The molecule has 0 bridgehead atoms. The van der Waals surface area contributed by atoms with Gasteiger partial charge in [-0.15, -0.1) is 11.8 Å². The summed E-state index contributed by atoms with van der Waals surface area (Å²) in [5.41, 5.74) is 3.05. The van der Waals surface area contributed by atoms with Gasteiger partial charge in [-0.1, -0.05) is 37.0 Å². The van der Waals surface area contributed by atoms with Crippen molar-refractivity contribution in [3.63, 3.8) is 0 Å². The molecule has 1 fully saturated rings. The van der Waals surface area contributed by atoms with Gasteiger partial charge in [0.2, 0.25) is 0 Å². The summed E-state index contributed by atoms with van der Waals surface area (Å²) in [6.07, 6.45) is 5.91. The highest BCUT2D eigenvalue weighted by molar-refractivity contribution is 7.98. The molecule has 0 saturated heterocycles. The highest BCUT2D eigenvalue weighted by Crippen LogP contribution is 2.29. The number of ether oxygens (including phenoxy) is 1. The zero-order chi connectivity index (χ0) is 19.1. The molecule has 3 rings (SSSR count). The number of amides is 1. The van der Waals surface area contributed by atoms with Gasteiger partial charge in [-0.25, -0.2) is 0 Å². The van der Waals surface area contributed by atoms with Crippen molar-refractivity contribution in [2.24, 2.45) is 0 Å². The van der Waals surface area contributed by atoms with Crippen LogP contribution in [0.4, 0.5) is 0 Å². The van der Waals surface area contributed by atoms with E-state index in [0.717, 1.165) is 35.5 Å².